The number of hydrogen-bond donors (Lipinski definition) is 2. The molecule has 0 radical (unpaired) electrons. The van der Waals surface area contributed by atoms with Crippen LogP contribution < -0.4 is 5.32 Å². The van der Waals surface area contributed by atoms with Gasteiger partial charge in [-0.2, -0.15) is 0 Å². The van der Waals surface area contributed by atoms with E-state index in [0.717, 1.165) is 6.42 Å². The lowest BCUT2D eigenvalue weighted by Gasteiger charge is -2.20. The van der Waals surface area contributed by atoms with Gasteiger partial charge in [0.2, 0.25) is 0 Å². The van der Waals surface area contributed by atoms with Crippen molar-refractivity contribution in [2.45, 2.75) is 26.3 Å². The van der Waals surface area contributed by atoms with Crippen molar-refractivity contribution >= 4 is 5.78 Å². The number of rotatable bonds is 5. The van der Waals surface area contributed by atoms with Crippen molar-refractivity contribution in [3.63, 3.8) is 0 Å². The van der Waals surface area contributed by atoms with Crippen molar-refractivity contribution in [3.05, 3.63) is 0 Å². The van der Waals surface area contributed by atoms with Crippen LogP contribution in [0.3, 0.4) is 0 Å². The molecule has 0 saturated carbocycles. The van der Waals surface area contributed by atoms with Gasteiger partial charge in [0.1, 0.15) is 5.78 Å². The normalized spacial score (nSPS) is 16.0. The zero-order valence-corrected chi connectivity index (χ0v) is 7.42. The molecule has 0 saturated heterocycles. The Hall–Kier alpha value is -0.410. The summed E-state index contributed by atoms with van der Waals surface area (Å²) in [7, 11) is 1.74. The molecule has 66 valence electrons. The number of ketones is 1. The summed E-state index contributed by atoms with van der Waals surface area (Å²) in [5, 5.41) is 11.8. The van der Waals surface area contributed by atoms with E-state index in [4.69, 9.17) is 5.11 Å². The van der Waals surface area contributed by atoms with Crippen LogP contribution in [0.25, 0.3) is 0 Å². The Morgan fingerprint density at radius 3 is 2.27 bits per heavy atom. The Morgan fingerprint density at radius 1 is 1.64 bits per heavy atom. The van der Waals surface area contributed by atoms with Crippen molar-refractivity contribution < 1.29 is 9.90 Å². The number of carbonyl (C=O) groups excluding carboxylic acids is 1. The standard InChI is InChI=1S/C8H17NO2/c1-4-7(5-10)8(9-3)6(2)11/h7-10H,4-5H2,1-3H3/t7?,8-/m1/s1. The van der Waals surface area contributed by atoms with Gasteiger partial charge in [0.25, 0.3) is 0 Å². The third-order valence-electron chi connectivity index (χ3n) is 1.98. The maximum absolute atomic E-state index is 11.0. The molecule has 0 bridgehead atoms. The summed E-state index contributed by atoms with van der Waals surface area (Å²) in [6, 6.07) is -0.190. The third kappa shape index (κ3) is 2.99. The van der Waals surface area contributed by atoms with Gasteiger partial charge in [-0.05, 0) is 20.4 Å². The first-order chi connectivity index (χ1) is 5.17. The Balaban J connectivity index is 4.09. The zero-order valence-electron chi connectivity index (χ0n) is 7.42. The lowest BCUT2D eigenvalue weighted by atomic mass is 9.95. The number of aliphatic hydroxyl groups excluding tert-OH is 1. The fourth-order valence-electron chi connectivity index (χ4n) is 1.24. The van der Waals surface area contributed by atoms with Gasteiger partial charge in [-0.1, -0.05) is 6.92 Å². The van der Waals surface area contributed by atoms with Crippen LogP contribution in [0.4, 0.5) is 0 Å². The number of hydrogen-bond acceptors (Lipinski definition) is 3. The van der Waals surface area contributed by atoms with Gasteiger partial charge in [0.05, 0.1) is 6.04 Å². The lowest BCUT2D eigenvalue weighted by molar-refractivity contribution is -0.120. The second kappa shape index (κ2) is 5.27. The lowest BCUT2D eigenvalue weighted by Crippen LogP contribution is -2.40. The van der Waals surface area contributed by atoms with Gasteiger partial charge in [-0.15, -0.1) is 0 Å². The summed E-state index contributed by atoms with van der Waals surface area (Å²) < 4.78 is 0. The molecule has 0 aliphatic carbocycles. The average molecular weight is 159 g/mol. The first-order valence-corrected chi connectivity index (χ1v) is 3.95. The van der Waals surface area contributed by atoms with Crippen LogP contribution in [-0.4, -0.2) is 30.6 Å². The van der Waals surface area contributed by atoms with Crippen LogP contribution in [0.2, 0.25) is 0 Å². The van der Waals surface area contributed by atoms with Gasteiger partial charge in [-0.25, -0.2) is 0 Å². The topological polar surface area (TPSA) is 49.3 Å². The molecule has 0 aliphatic heterocycles. The van der Waals surface area contributed by atoms with Crippen LogP contribution in [-0.2, 0) is 4.79 Å². The van der Waals surface area contributed by atoms with Crippen LogP contribution >= 0.6 is 0 Å². The summed E-state index contributed by atoms with van der Waals surface area (Å²) >= 11 is 0. The molecule has 2 atom stereocenters. The van der Waals surface area contributed by atoms with Crippen LogP contribution in [0.5, 0.6) is 0 Å². The van der Waals surface area contributed by atoms with E-state index >= 15 is 0 Å². The van der Waals surface area contributed by atoms with E-state index in [0.29, 0.717) is 0 Å². The van der Waals surface area contributed by atoms with Gasteiger partial charge in [-0.3, -0.25) is 4.79 Å². The van der Waals surface area contributed by atoms with Crippen LogP contribution in [0, 0.1) is 5.92 Å². The minimum absolute atomic E-state index is 0.0532. The quantitative estimate of drug-likeness (QED) is 0.601. The van der Waals surface area contributed by atoms with Crippen molar-refractivity contribution in [1.82, 2.24) is 5.32 Å². The van der Waals surface area contributed by atoms with Crippen molar-refractivity contribution in [1.29, 1.82) is 0 Å². The van der Waals surface area contributed by atoms with E-state index in [1.807, 2.05) is 6.92 Å². The largest absolute Gasteiger partial charge is 0.396 e. The highest BCUT2D eigenvalue weighted by Crippen LogP contribution is 2.07. The Morgan fingerprint density at radius 2 is 2.18 bits per heavy atom. The molecule has 0 heterocycles. The Kier molecular flexibility index (Phi) is 5.07. The highest BCUT2D eigenvalue weighted by molar-refractivity contribution is 5.81. The third-order valence-corrected chi connectivity index (χ3v) is 1.98. The number of nitrogens with one attached hydrogen (secondary N) is 1. The van der Waals surface area contributed by atoms with Crippen molar-refractivity contribution in [2.24, 2.45) is 5.92 Å². The number of likely N-dealkylation sites (N-methyl/N-ethyl adjacent to an activating group) is 1. The molecular weight excluding hydrogens is 142 g/mol. The predicted octanol–water partition coefficient (Wildman–Crippen LogP) is 0.182. The Labute approximate surface area is 67.8 Å². The molecule has 0 amide bonds. The molecule has 0 spiro atoms. The van der Waals surface area contributed by atoms with E-state index in [1.54, 1.807) is 14.0 Å². The van der Waals surface area contributed by atoms with Gasteiger partial charge in [0.15, 0.2) is 0 Å². The number of aliphatic hydroxyl groups is 1. The fraction of sp³-hybridized carbons (Fsp3) is 0.875. The summed E-state index contributed by atoms with van der Waals surface area (Å²) in [5.41, 5.74) is 0. The van der Waals surface area contributed by atoms with Gasteiger partial charge in [0, 0.05) is 12.5 Å². The average Bonchev–Trinajstić information content (AvgIpc) is 1.99. The molecule has 11 heavy (non-hydrogen) atoms. The summed E-state index contributed by atoms with van der Waals surface area (Å²) in [6.45, 7) is 3.58. The molecule has 3 nitrogen and oxygen atoms in total. The van der Waals surface area contributed by atoms with Crippen LogP contribution in [0.1, 0.15) is 20.3 Å². The highest BCUT2D eigenvalue weighted by Gasteiger charge is 2.20. The smallest absolute Gasteiger partial charge is 0.147 e. The molecular formula is C8H17NO2. The maximum atomic E-state index is 11.0. The molecule has 0 aliphatic rings. The molecule has 0 fully saturated rings. The monoisotopic (exact) mass is 159 g/mol. The van der Waals surface area contributed by atoms with Crippen LogP contribution in [0.15, 0.2) is 0 Å². The summed E-state index contributed by atoms with van der Waals surface area (Å²) in [4.78, 5) is 11.0. The fourth-order valence-corrected chi connectivity index (χ4v) is 1.24. The van der Waals surface area contributed by atoms with Crippen molar-refractivity contribution in [3.8, 4) is 0 Å². The van der Waals surface area contributed by atoms with E-state index < -0.39 is 0 Å². The molecule has 2 N–H and O–H groups in total. The van der Waals surface area contributed by atoms with E-state index in [-0.39, 0.29) is 24.3 Å². The second-order valence-electron chi connectivity index (χ2n) is 2.73. The minimum atomic E-state index is -0.190. The Bertz CT molecular complexity index is 121. The zero-order chi connectivity index (χ0) is 8.85. The second-order valence-corrected chi connectivity index (χ2v) is 2.73. The summed E-state index contributed by atoms with van der Waals surface area (Å²) in [5.74, 6) is 0.144. The molecule has 0 aromatic rings. The van der Waals surface area contributed by atoms with Gasteiger partial charge < -0.3 is 10.4 Å². The number of carbonyl (C=O) groups is 1. The maximum Gasteiger partial charge on any atom is 0.147 e. The van der Waals surface area contributed by atoms with E-state index in [9.17, 15) is 4.79 Å². The van der Waals surface area contributed by atoms with Crippen molar-refractivity contribution in [2.75, 3.05) is 13.7 Å². The SMILES string of the molecule is CCC(CO)[C@H](NC)C(C)=O. The molecule has 0 aromatic carbocycles. The highest BCUT2D eigenvalue weighted by atomic mass is 16.3. The molecule has 0 rings (SSSR count). The molecule has 3 heteroatoms. The first kappa shape index (κ1) is 10.6. The molecule has 1 unspecified atom stereocenters. The van der Waals surface area contributed by atoms with E-state index in [1.165, 1.54) is 0 Å². The first-order valence-electron chi connectivity index (χ1n) is 3.95. The molecule has 0 aromatic heterocycles. The van der Waals surface area contributed by atoms with Gasteiger partial charge >= 0.3 is 0 Å². The predicted molar refractivity (Wildman–Crippen MR) is 44.4 cm³/mol. The van der Waals surface area contributed by atoms with E-state index in [2.05, 4.69) is 5.32 Å². The summed E-state index contributed by atoms with van der Waals surface area (Å²) in [6.07, 6.45) is 0.821. The number of Topliss-reactive ketones (excluding diaryl/α,β-unsaturated/α-hetero) is 1. The minimum Gasteiger partial charge on any atom is -0.396 e.